The maximum Gasteiger partial charge on any atom is 0.416 e. The summed E-state index contributed by atoms with van der Waals surface area (Å²) in [6, 6.07) is 6.57. The molecule has 0 saturated carbocycles. The van der Waals surface area contributed by atoms with E-state index in [2.05, 4.69) is 10.4 Å². The Morgan fingerprint density at radius 2 is 1.87 bits per heavy atom. The van der Waals surface area contributed by atoms with Gasteiger partial charge in [0.05, 0.1) is 17.0 Å². The van der Waals surface area contributed by atoms with Gasteiger partial charge in [-0.05, 0) is 30.3 Å². The van der Waals surface area contributed by atoms with Crippen molar-refractivity contribution in [3.63, 3.8) is 0 Å². The molecule has 3 aromatic heterocycles. The van der Waals surface area contributed by atoms with Gasteiger partial charge in [-0.2, -0.15) is 18.3 Å². The second kappa shape index (κ2) is 8.49. The Morgan fingerprint density at radius 3 is 2.47 bits per heavy atom. The molecule has 0 aliphatic heterocycles. The first-order valence-corrected chi connectivity index (χ1v) is 10.2. The summed E-state index contributed by atoms with van der Waals surface area (Å²) >= 11 is 1.22. The van der Waals surface area contributed by atoms with Crippen LogP contribution in [0.3, 0.4) is 0 Å². The number of aryl methyl sites for hydroxylation is 1. The zero-order valence-corrected chi connectivity index (χ0v) is 17.4. The molecule has 4 rings (SSSR count). The monoisotopic (exact) mass is 438 g/mol. The maximum absolute atomic E-state index is 12.9. The fraction of sp³-hybridized carbons (Fsp3) is 0.300. The van der Waals surface area contributed by atoms with Crippen LogP contribution >= 0.6 is 11.3 Å². The number of nitrogens with zero attached hydrogens (tertiary/aromatic N) is 3. The van der Waals surface area contributed by atoms with Gasteiger partial charge in [0.25, 0.3) is 5.91 Å². The third-order valence-electron chi connectivity index (χ3n) is 4.30. The highest BCUT2D eigenvalue weighted by molar-refractivity contribution is 7.20. The van der Waals surface area contributed by atoms with Crippen LogP contribution in [-0.4, -0.2) is 38.5 Å². The Labute approximate surface area is 174 Å². The number of rotatable bonds is 4. The number of hydrogen-bond acceptors (Lipinski definition) is 4. The lowest BCUT2D eigenvalue weighted by Crippen LogP contribution is -2.25. The van der Waals surface area contributed by atoms with E-state index >= 15 is 0 Å². The van der Waals surface area contributed by atoms with Crippen molar-refractivity contribution in [1.82, 2.24) is 19.7 Å². The van der Waals surface area contributed by atoms with Gasteiger partial charge in [-0.1, -0.05) is 13.8 Å². The minimum absolute atomic E-state index is 0.141. The predicted octanol–water partition coefficient (Wildman–Crippen LogP) is 4.35. The molecule has 0 bridgehead atoms. The van der Waals surface area contributed by atoms with Crippen molar-refractivity contribution in [2.45, 2.75) is 20.0 Å². The van der Waals surface area contributed by atoms with E-state index in [0.717, 1.165) is 22.9 Å². The standard InChI is InChI=1S/C18H15F3N4O2S.C2H6/c1-24-9-13-12-8-14(16(27)22-6-7-26)28-17(12)25(15(13)23-24)11-4-2-10(3-5-11)18(19,20)21;1-2/h2-5,8-9,26H,6-7H2,1H3,(H,22,27);1-2H3. The average Bonchev–Trinajstić information content (AvgIpc) is 3.37. The number of carbonyl (C=O) groups excluding carboxylic acids is 1. The molecule has 0 saturated heterocycles. The second-order valence-electron chi connectivity index (χ2n) is 6.23. The molecule has 6 nitrogen and oxygen atoms in total. The summed E-state index contributed by atoms with van der Waals surface area (Å²) in [4.78, 5) is 13.4. The van der Waals surface area contributed by atoms with Crippen molar-refractivity contribution in [1.29, 1.82) is 0 Å². The van der Waals surface area contributed by atoms with E-state index in [4.69, 9.17) is 5.11 Å². The Bertz CT molecular complexity index is 1170. The zero-order chi connectivity index (χ0) is 22.1. The van der Waals surface area contributed by atoms with E-state index in [9.17, 15) is 18.0 Å². The molecule has 2 N–H and O–H groups in total. The predicted molar refractivity (Wildman–Crippen MR) is 111 cm³/mol. The molecule has 3 heterocycles. The molecule has 0 unspecified atom stereocenters. The summed E-state index contributed by atoms with van der Waals surface area (Å²) < 4.78 is 42.0. The molecule has 160 valence electrons. The van der Waals surface area contributed by atoms with E-state index in [1.54, 1.807) is 28.6 Å². The number of benzene rings is 1. The summed E-state index contributed by atoms with van der Waals surface area (Å²) in [5.74, 6) is -0.314. The van der Waals surface area contributed by atoms with Crippen LogP contribution in [-0.2, 0) is 13.2 Å². The summed E-state index contributed by atoms with van der Waals surface area (Å²) in [6.07, 6.45) is -2.61. The molecular weight excluding hydrogens is 417 g/mol. The lowest BCUT2D eigenvalue weighted by atomic mass is 10.2. The van der Waals surface area contributed by atoms with Gasteiger partial charge in [0.15, 0.2) is 5.65 Å². The minimum Gasteiger partial charge on any atom is -0.395 e. The van der Waals surface area contributed by atoms with Gasteiger partial charge in [0.1, 0.15) is 4.83 Å². The lowest BCUT2D eigenvalue weighted by molar-refractivity contribution is -0.137. The number of halogens is 3. The normalized spacial score (nSPS) is 11.6. The largest absolute Gasteiger partial charge is 0.416 e. The molecule has 0 aliphatic rings. The summed E-state index contributed by atoms with van der Waals surface area (Å²) in [7, 11) is 1.75. The third kappa shape index (κ3) is 3.92. The average molecular weight is 438 g/mol. The number of alkyl halides is 3. The molecule has 1 amide bonds. The highest BCUT2D eigenvalue weighted by atomic mass is 32.1. The van der Waals surface area contributed by atoms with Crippen molar-refractivity contribution < 1.29 is 23.1 Å². The molecule has 0 radical (unpaired) electrons. The van der Waals surface area contributed by atoms with Crippen molar-refractivity contribution >= 4 is 38.5 Å². The van der Waals surface area contributed by atoms with Crippen LogP contribution in [0.2, 0.25) is 0 Å². The number of nitrogens with one attached hydrogen (secondary N) is 1. The second-order valence-corrected chi connectivity index (χ2v) is 7.26. The van der Waals surface area contributed by atoms with Crippen molar-refractivity contribution in [2.24, 2.45) is 7.05 Å². The SMILES string of the molecule is CC.Cn1cc2c3cc(C(=O)NCCO)sc3n(-c3ccc(C(F)(F)F)cc3)c2n1. The van der Waals surface area contributed by atoms with E-state index in [0.29, 0.717) is 21.0 Å². The number of amides is 1. The highest BCUT2D eigenvalue weighted by Gasteiger charge is 2.30. The van der Waals surface area contributed by atoms with Crippen LogP contribution < -0.4 is 5.32 Å². The summed E-state index contributed by atoms with van der Waals surface area (Å²) in [6.45, 7) is 3.98. The third-order valence-corrected chi connectivity index (χ3v) is 5.42. The van der Waals surface area contributed by atoms with Crippen LogP contribution in [0.4, 0.5) is 13.2 Å². The molecule has 0 spiro atoms. The smallest absolute Gasteiger partial charge is 0.395 e. The number of aliphatic hydroxyl groups excluding tert-OH is 1. The van der Waals surface area contributed by atoms with E-state index in [1.165, 1.54) is 23.5 Å². The van der Waals surface area contributed by atoms with Crippen LogP contribution in [0.25, 0.3) is 26.9 Å². The zero-order valence-electron chi connectivity index (χ0n) is 16.6. The number of aromatic nitrogens is 3. The first-order chi connectivity index (χ1) is 14.3. The first-order valence-electron chi connectivity index (χ1n) is 9.34. The summed E-state index contributed by atoms with van der Waals surface area (Å²) in [5.41, 5.74) is 0.397. The number of thiophene rings is 1. The van der Waals surface area contributed by atoms with Gasteiger partial charge in [-0.3, -0.25) is 14.0 Å². The van der Waals surface area contributed by atoms with Crippen molar-refractivity contribution in [2.75, 3.05) is 13.2 Å². The highest BCUT2D eigenvalue weighted by Crippen LogP contribution is 2.37. The van der Waals surface area contributed by atoms with E-state index in [1.807, 2.05) is 13.8 Å². The van der Waals surface area contributed by atoms with E-state index < -0.39 is 11.7 Å². The van der Waals surface area contributed by atoms with Crippen molar-refractivity contribution in [3.8, 4) is 5.69 Å². The molecule has 4 aromatic rings. The molecule has 10 heteroatoms. The van der Waals surface area contributed by atoms with Crippen LogP contribution in [0.15, 0.2) is 36.5 Å². The molecule has 1 aromatic carbocycles. The van der Waals surface area contributed by atoms with Gasteiger partial charge < -0.3 is 10.4 Å². The van der Waals surface area contributed by atoms with E-state index in [-0.39, 0.29) is 19.1 Å². The Hall–Kier alpha value is -2.85. The van der Waals surface area contributed by atoms with Gasteiger partial charge in [-0.25, -0.2) is 0 Å². The van der Waals surface area contributed by atoms with Gasteiger partial charge in [0.2, 0.25) is 0 Å². The number of carbonyl (C=O) groups is 1. The van der Waals surface area contributed by atoms with Crippen LogP contribution in [0, 0.1) is 0 Å². The van der Waals surface area contributed by atoms with Crippen molar-refractivity contribution in [3.05, 3.63) is 47.0 Å². The van der Waals surface area contributed by atoms with Gasteiger partial charge in [-0.15, -0.1) is 11.3 Å². The molecule has 30 heavy (non-hydrogen) atoms. The molecule has 0 fully saturated rings. The first kappa shape index (κ1) is 21.8. The molecule has 0 aliphatic carbocycles. The minimum atomic E-state index is -4.41. The van der Waals surface area contributed by atoms with Crippen LogP contribution in [0.1, 0.15) is 29.1 Å². The number of fused-ring (bicyclic) bond motifs is 3. The Balaban J connectivity index is 0.00000124. The fourth-order valence-corrected chi connectivity index (χ4v) is 4.19. The summed E-state index contributed by atoms with van der Waals surface area (Å²) in [5, 5.41) is 17.5. The lowest BCUT2D eigenvalue weighted by Gasteiger charge is -2.09. The number of hydrogen-bond donors (Lipinski definition) is 2. The van der Waals surface area contributed by atoms with Gasteiger partial charge in [0, 0.05) is 36.2 Å². The molecule has 0 atom stereocenters. The topological polar surface area (TPSA) is 72.1 Å². The fourth-order valence-electron chi connectivity index (χ4n) is 3.08. The van der Waals surface area contributed by atoms with Gasteiger partial charge >= 0.3 is 6.18 Å². The Morgan fingerprint density at radius 1 is 1.20 bits per heavy atom. The molecular formula is C20H21F3N4O2S. The Kier molecular flexibility index (Phi) is 6.18. The number of aliphatic hydroxyl groups is 1. The maximum atomic E-state index is 12.9. The van der Waals surface area contributed by atoms with Crippen LogP contribution in [0.5, 0.6) is 0 Å². The quantitative estimate of drug-likeness (QED) is 0.498.